The summed E-state index contributed by atoms with van der Waals surface area (Å²) in [6.45, 7) is 2.07. The highest BCUT2D eigenvalue weighted by atomic mass is 19.1. The topological polar surface area (TPSA) is 66.9 Å². The standard InChI is InChI=1S/C19H17FN4O/c1-2-13-7-9-15(10-8-13)23-18(25)14-11-21-19(22-12-14)24-17-6-4-3-5-16(17)20/h3-12H,2H2,1H3,(H,23,25)(H,21,22,24). The second-order valence-electron chi connectivity index (χ2n) is 5.40. The highest BCUT2D eigenvalue weighted by Gasteiger charge is 2.09. The van der Waals surface area contributed by atoms with Crippen molar-refractivity contribution in [3.05, 3.63) is 77.9 Å². The Kier molecular flexibility index (Phi) is 4.99. The van der Waals surface area contributed by atoms with Crippen LogP contribution in [0.4, 0.5) is 21.7 Å². The molecule has 3 aromatic rings. The average molecular weight is 336 g/mol. The van der Waals surface area contributed by atoms with Gasteiger partial charge in [-0.25, -0.2) is 14.4 Å². The number of hydrogen-bond donors (Lipinski definition) is 2. The summed E-state index contributed by atoms with van der Waals surface area (Å²) in [4.78, 5) is 20.3. The van der Waals surface area contributed by atoms with Crippen molar-refractivity contribution in [1.82, 2.24) is 9.97 Å². The van der Waals surface area contributed by atoms with Crippen LogP contribution in [0.25, 0.3) is 0 Å². The van der Waals surface area contributed by atoms with E-state index in [4.69, 9.17) is 0 Å². The lowest BCUT2D eigenvalue weighted by Crippen LogP contribution is -2.13. The van der Waals surface area contributed by atoms with Crippen LogP contribution in [-0.4, -0.2) is 15.9 Å². The lowest BCUT2D eigenvalue weighted by atomic mass is 10.1. The van der Waals surface area contributed by atoms with Crippen molar-refractivity contribution in [2.24, 2.45) is 0 Å². The SMILES string of the molecule is CCc1ccc(NC(=O)c2cnc(Nc3ccccc3F)nc2)cc1. The van der Waals surface area contributed by atoms with Crippen LogP contribution < -0.4 is 10.6 Å². The van der Waals surface area contributed by atoms with E-state index in [0.717, 1.165) is 6.42 Å². The molecular formula is C19H17FN4O. The van der Waals surface area contributed by atoms with Gasteiger partial charge in [0.2, 0.25) is 5.95 Å². The van der Waals surface area contributed by atoms with Gasteiger partial charge in [0.05, 0.1) is 11.3 Å². The molecule has 0 saturated carbocycles. The molecule has 0 radical (unpaired) electrons. The van der Waals surface area contributed by atoms with Gasteiger partial charge in [0.25, 0.3) is 5.91 Å². The quantitative estimate of drug-likeness (QED) is 0.734. The van der Waals surface area contributed by atoms with Crippen molar-refractivity contribution in [2.75, 3.05) is 10.6 Å². The summed E-state index contributed by atoms with van der Waals surface area (Å²) in [6, 6.07) is 13.9. The number of nitrogens with one attached hydrogen (secondary N) is 2. The Morgan fingerprint density at radius 2 is 1.72 bits per heavy atom. The molecule has 2 N–H and O–H groups in total. The van der Waals surface area contributed by atoms with Gasteiger partial charge < -0.3 is 10.6 Å². The highest BCUT2D eigenvalue weighted by Crippen LogP contribution is 2.17. The van der Waals surface area contributed by atoms with Gasteiger partial charge in [-0.2, -0.15) is 0 Å². The molecule has 0 aliphatic heterocycles. The number of para-hydroxylation sites is 1. The lowest BCUT2D eigenvalue weighted by molar-refractivity contribution is 0.102. The van der Waals surface area contributed by atoms with E-state index < -0.39 is 5.82 Å². The Bertz CT molecular complexity index is 863. The fourth-order valence-corrected chi connectivity index (χ4v) is 2.22. The molecule has 25 heavy (non-hydrogen) atoms. The van der Waals surface area contributed by atoms with E-state index in [0.29, 0.717) is 11.3 Å². The number of rotatable bonds is 5. The second kappa shape index (κ2) is 7.53. The van der Waals surface area contributed by atoms with Crippen molar-refractivity contribution in [3.63, 3.8) is 0 Å². The zero-order valence-corrected chi connectivity index (χ0v) is 13.7. The first kappa shape index (κ1) is 16.6. The first-order valence-corrected chi connectivity index (χ1v) is 7.89. The van der Waals surface area contributed by atoms with Crippen LogP contribution in [0.3, 0.4) is 0 Å². The van der Waals surface area contributed by atoms with E-state index in [2.05, 4.69) is 27.5 Å². The molecule has 1 heterocycles. The van der Waals surface area contributed by atoms with Crippen LogP contribution in [0, 0.1) is 5.82 Å². The van der Waals surface area contributed by atoms with E-state index in [1.54, 1.807) is 18.2 Å². The monoisotopic (exact) mass is 336 g/mol. The van der Waals surface area contributed by atoms with E-state index in [1.165, 1.54) is 24.0 Å². The zero-order chi connectivity index (χ0) is 17.6. The Balaban J connectivity index is 1.66. The number of carbonyl (C=O) groups excluding carboxylic acids is 1. The van der Waals surface area contributed by atoms with E-state index >= 15 is 0 Å². The Hall–Kier alpha value is -3.28. The number of hydrogen-bond acceptors (Lipinski definition) is 4. The van der Waals surface area contributed by atoms with Crippen LogP contribution in [0.5, 0.6) is 0 Å². The summed E-state index contributed by atoms with van der Waals surface area (Å²) in [6.07, 6.45) is 3.73. The third-order valence-corrected chi connectivity index (χ3v) is 3.65. The van der Waals surface area contributed by atoms with Crippen LogP contribution >= 0.6 is 0 Å². The number of benzene rings is 2. The second-order valence-corrected chi connectivity index (χ2v) is 5.40. The fraction of sp³-hybridized carbons (Fsp3) is 0.105. The molecule has 0 aliphatic rings. The number of nitrogens with zero attached hydrogens (tertiary/aromatic N) is 2. The van der Waals surface area contributed by atoms with Crippen LogP contribution in [-0.2, 0) is 6.42 Å². The highest BCUT2D eigenvalue weighted by molar-refractivity contribution is 6.03. The first-order chi connectivity index (χ1) is 12.2. The molecule has 0 unspecified atom stereocenters. The summed E-state index contributed by atoms with van der Waals surface area (Å²) < 4.78 is 13.6. The summed E-state index contributed by atoms with van der Waals surface area (Å²) in [5, 5.41) is 5.56. The molecule has 6 heteroatoms. The molecule has 3 rings (SSSR count). The molecule has 1 aromatic heterocycles. The maximum Gasteiger partial charge on any atom is 0.258 e. The van der Waals surface area contributed by atoms with Gasteiger partial charge in [-0.05, 0) is 36.2 Å². The number of carbonyl (C=O) groups is 1. The van der Waals surface area contributed by atoms with E-state index in [-0.39, 0.29) is 17.5 Å². The number of anilines is 3. The number of halogens is 1. The zero-order valence-electron chi connectivity index (χ0n) is 13.7. The Morgan fingerprint density at radius 1 is 1.04 bits per heavy atom. The van der Waals surface area contributed by atoms with Crippen LogP contribution in [0.1, 0.15) is 22.8 Å². The van der Waals surface area contributed by atoms with Crippen molar-refractivity contribution < 1.29 is 9.18 Å². The largest absolute Gasteiger partial charge is 0.322 e. The molecule has 5 nitrogen and oxygen atoms in total. The summed E-state index contributed by atoms with van der Waals surface area (Å²) in [7, 11) is 0. The molecule has 0 fully saturated rings. The summed E-state index contributed by atoms with van der Waals surface area (Å²) in [5.41, 5.74) is 2.50. The van der Waals surface area contributed by atoms with E-state index in [1.807, 2.05) is 24.3 Å². The van der Waals surface area contributed by atoms with Gasteiger partial charge in [-0.15, -0.1) is 0 Å². The smallest absolute Gasteiger partial charge is 0.258 e. The minimum Gasteiger partial charge on any atom is -0.322 e. The van der Waals surface area contributed by atoms with Crippen LogP contribution in [0.2, 0.25) is 0 Å². The fourth-order valence-electron chi connectivity index (χ4n) is 2.22. The third kappa shape index (κ3) is 4.17. The average Bonchev–Trinajstić information content (AvgIpc) is 2.65. The van der Waals surface area contributed by atoms with E-state index in [9.17, 15) is 9.18 Å². The molecule has 0 atom stereocenters. The summed E-state index contributed by atoms with van der Waals surface area (Å²) in [5.74, 6) is -0.487. The molecule has 126 valence electrons. The molecule has 0 saturated heterocycles. The van der Waals surface area contributed by atoms with Crippen molar-refractivity contribution in [2.45, 2.75) is 13.3 Å². The predicted molar refractivity (Wildman–Crippen MR) is 95.5 cm³/mol. The third-order valence-electron chi connectivity index (χ3n) is 3.65. The first-order valence-electron chi connectivity index (χ1n) is 7.89. The molecule has 0 aliphatic carbocycles. The Labute approximate surface area is 145 Å². The lowest BCUT2D eigenvalue weighted by Gasteiger charge is -2.07. The molecule has 1 amide bonds. The van der Waals surface area contributed by atoms with Crippen molar-refractivity contribution in [3.8, 4) is 0 Å². The molecule has 0 spiro atoms. The maximum atomic E-state index is 13.6. The number of aryl methyl sites for hydroxylation is 1. The predicted octanol–water partition coefficient (Wildman–Crippen LogP) is 4.17. The minimum atomic E-state index is -0.400. The molecule has 0 bridgehead atoms. The number of amides is 1. The molecular weight excluding hydrogens is 319 g/mol. The number of aromatic nitrogens is 2. The normalized spacial score (nSPS) is 10.3. The minimum absolute atomic E-state index is 0.217. The van der Waals surface area contributed by atoms with Gasteiger partial charge in [-0.1, -0.05) is 31.2 Å². The molecule has 2 aromatic carbocycles. The van der Waals surface area contributed by atoms with Gasteiger partial charge in [0.1, 0.15) is 5.82 Å². The van der Waals surface area contributed by atoms with Crippen LogP contribution in [0.15, 0.2) is 60.9 Å². The van der Waals surface area contributed by atoms with Gasteiger partial charge in [-0.3, -0.25) is 4.79 Å². The van der Waals surface area contributed by atoms with Crippen molar-refractivity contribution in [1.29, 1.82) is 0 Å². The summed E-state index contributed by atoms with van der Waals surface area (Å²) >= 11 is 0. The van der Waals surface area contributed by atoms with Gasteiger partial charge in [0.15, 0.2) is 0 Å². The van der Waals surface area contributed by atoms with Crippen molar-refractivity contribution >= 4 is 23.2 Å². The van der Waals surface area contributed by atoms with Gasteiger partial charge in [0, 0.05) is 18.1 Å². The maximum absolute atomic E-state index is 13.6. The Morgan fingerprint density at radius 3 is 2.36 bits per heavy atom. The van der Waals surface area contributed by atoms with Gasteiger partial charge >= 0.3 is 0 Å².